The van der Waals surface area contributed by atoms with E-state index in [4.69, 9.17) is 0 Å². The van der Waals surface area contributed by atoms with Crippen molar-refractivity contribution in [2.24, 2.45) is 0 Å². The molecule has 1 amide bonds. The Bertz CT molecular complexity index is 963. The second kappa shape index (κ2) is 8.18. The van der Waals surface area contributed by atoms with E-state index in [1.807, 2.05) is 36.4 Å². The number of hydrogen-bond acceptors (Lipinski definition) is 4. The number of anilines is 1. The molecular weight excluding hydrogens is 382 g/mol. The molecule has 0 aliphatic carbocycles. The predicted molar refractivity (Wildman–Crippen MR) is 107 cm³/mol. The van der Waals surface area contributed by atoms with Crippen LogP contribution in [0.3, 0.4) is 0 Å². The lowest BCUT2D eigenvalue weighted by molar-refractivity contribution is -0.130. The summed E-state index contributed by atoms with van der Waals surface area (Å²) in [5.41, 5.74) is 2.33. The highest BCUT2D eigenvalue weighted by Gasteiger charge is 2.27. The molecule has 1 unspecified atom stereocenters. The Morgan fingerprint density at radius 3 is 2.71 bits per heavy atom. The zero-order valence-corrected chi connectivity index (χ0v) is 15.9. The molecule has 146 valence electrons. The minimum atomic E-state index is -2.59. The smallest absolute Gasteiger partial charge is 0.291 e. The number of amides is 1. The van der Waals surface area contributed by atoms with Crippen molar-refractivity contribution >= 4 is 34.4 Å². The van der Waals surface area contributed by atoms with Gasteiger partial charge < -0.3 is 14.8 Å². The molecule has 1 aromatic heterocycles. The zero-order chi connectivity index (χ0) is 19.5. The molecule has 1 N–H and O–H groups in total. The van der Waals surface area contributed by atoms with Gasteiger partial charge in [-0.15, -0.1) is 0 Å². The van der Waals surface area contributed by atoms with Crippen LogP contribution >= 0.6 is 11.8 Å². The fraction of sp³-hybridized carbons (Fsp3) is 0.300. The summed E-state index contributed by atoms with van der Waals surface area (Å²) in [4.78, 5) is 18.9. The Labute approximate surface area is 165 Å². The number of carbonyl (C=O) groups excluding carboxylic acids is 1. The first-order valence-corrected chi connectivity index (χ1v) is 9.97. The Hall–Kier alpha value is -2.61. The standard InChI is InChI=1S/C20H20F2N4OS/c21-19(22)28-20-24-16-8-4-5-9-17(16)26(20)13-18(27)25-11-10-15(12-25)23-14-6-2-1-3-7-14/h1-9,15,19,23H,10-13H2. The van der Waals surface area contributed by atoms with Crippen LogP contribution in [0.2, 0.25) is 0 Å². The molecule has 3 aromatic rings. The third-order valence-corrected chi connectivity index (χ3v) is 5.49. The maximum atomic E-state index is 12.9. The largest absolute Gasteiger partial charge is 0.380 e. The molecule has 2 aromatic carbocycles. The highest BCUT2D eigenvalue weighted by atomic mass is 32.2. The molecule has 0 radical (unpaired) electrons. The van der Waals surface area contributed by atoms with Crippen molar-refractivity contribution in [3.8, 4) is 0 Å². The van der Waals surface area contributed by atoms with Crippen LogP contribution in [0.5, 0.6) is 0 Å². The lowest BCUT2D eigenvalue weighted by Crippen LogP contribution is -2.34. The van der Waals surface area contributed by atoms with E-state index in [0.717, 1.165) is 12.1 Å². The Morgan fingerprint density at radius 2 is 1.93 bits per heavy atom. The molecule has 1 aliphatic rings. The quantitative estimate of drug-likeness (QED) is 0.632. The topological polar surface area (TPSA) is 50.2 Å². The van der Waals surface area contributed by atoms with Crippen molar-refractivity contribution < 1.29 is 13.6 Å². The number of para-hydroxylation sites is 3. The van der Waals surface area contributed by atoms with Gasteiger partial charge in [0.2, 0.25) is 5.91 Å². The number of thioether (sulfide) groups is 1. The van der Waals surface area contributed by atoms with Gasteiger partial charge in [-0.25, -0.2) is 4.98 Å². The lowest BCUT2D eigenvalue weighted by Gasteiger charge is -2.19. The number of fused-ring (bicyclic) bond motifs is 1. The minimum absolute atomic E-state index is 0.00756. The second-order valence-corrected chi connectivity index (χ2v) is 7.64. The van der Waals surface area contributed by atoms with E-state index < -0.39 is 5.76 Å². The minimum Gasteiger partial charge on any atom is -0.380 e. The SMILES string of the molecule is O=C(Cn1c(SC(F)F)nc2ccccc21)N1CCC(Nc2ccccc2)C1. The van der Waals surface area contributed by atoms with Crippen molar-refractivity contribution in [3.05, 3.63) is 54.6 Å². The van der Waals surface area contributed by atoms with Gasteiger partial charge in [-0.1, -0.05) is 30.3 Å². The van der Waals surface area contributed by atoms with E-state index in [1.54, 1.807) is 27.7 Å². The van der Waals surface area contributed by atoms with Crippen molar-refractivity contribution in [1.29, 1.82) is 0 Å². The average molecular weight is 402 g/mol. The van der Waals surface area contributed by atoms with Crippen molar-refractivity contribution in [1.82, 2.24) is 14.5 Å². The van der Waals surface area contributed by atoms with Gasteiger partial charge in [-0.05, 0) is 42.4 Å². The first-order valence-electron chi connectivity index (χ1n) is 9.09. The van der Waals surface area contributed by atoms with Gasteiger partial charge in [0.15, 0.2) is 5.16 Å². The normalized spacial score (nSPS) is 16.8. The van der Waals surface area contributed by atoms with E-state index in [2.05, 4.69) is 10.3 Å². The second-order valence-electron chi connectivity index (χ2n) is 6.68. The van der Waals surface area contributed by atoms with Gasteiger partial charge in [0, 0.05) is 24.8 Å². The first-order chi connectivity index (χ1) is 13.6. The fourth-order valence-electron chi connectivity index (χ4n) is 3.49. The monoisotopic (exact) mass is 402 g/mol. The Morgan fingerprint density at radius 1 is 1.18 bits per heavy atom. The summed E-state index contributed by atoms with van der Waals surface area (Å²) >= 11 is 0.373. The number of carbonyl (C=O) groups is 1. The number of alkyl halides is 2. The molecule has 0 bridgehead atoms. The highest BCUT2D eigenvalue weighted by molar-refractivity contribution is 7.99. The van der Waals surface area contributed by atoms with Gasteiger partial charge in [0.25, 0.3) is 5.76 Å². The highest BCUT2D eigenvalue weighted by Crippen LogP contribution is 2.29. The van der Waals surface area contributed by atoms with Gasteiger partial charge in [0.05, 0.1) is 11.0 Å². The average Bonchev–Trinajstić information content (AvgIpc) is 3.27. The van der Waals surface area contributed by atoms with Crippen LogP contribution in [0.1, 0.15) is 6.42 Å². The first kappa shape index (κ1) is 18.7. The molecule has 0 spiro atoms. The third kappa shape index (κ3) is 4.11. The van der Waals surface area contributed by atoms with E-state index in [0.29, 0.717) is 35.9 Å². The van der Waals surface area contributed by atoms with Crippen molar-refractivity contribution in [2.75, 3.05) is 18.4 Å². The van der Waals surface area contributed by atoms with Gasteiger partial charge in [0.1, 0.15) is 6.54 Å². The number of nitrogens with one attached hydrogen (secondary N) is 1. The lowest BCUT2D eigenvalue weighted by atomic mass is 10.2. The molecule has 0 saturated carbocycles. The molecule has 4 rings (SSSR count). The molecule has 1 saturated heterocycles. The summed E-state index contributed by atoms with van der Waals surface area (Å²) in [7, 11) is 0. The Kier molecular flexibility index (Phi) is 5.47. The summed E-state index contributed by atoms with van der Waals surface area (Å²) in [6.45, 7) is 1.25. The molecule has 1 aliphatic heterocycles. The summed E-state index contributed by atoms with van der Waals surface area (Å²) in [5.74, 6) is -2.67. The predicted octanol–water partition coefficient (Wildman–Crippen LogP) is 4.06. The molecule has 5 nitrogen and oxygen atoms in total. The van der Waals surface area contributed by atoms with Gasteiger partial charge in [-0.2, -0.15) is 8.78 Å². The van der Waals surface area contributed by atoms with E-state index >= 15 is 0 Å². The number of hydrogen-bond donors (Lipinski definition) is 1. The fourth-order valence-corrected chi connectivity index (χ4v) is 4.09. The van der Waals surface area contributed by atoms with Crippen molar-refractivity contribution in [3.63, 3.8) is 0 Å². The summed E-state index contributed by atoms with van der Waals surface area (Å²) in [6.07, 6.45) is 0.851. The van der Waals surface area contributed by atoms with E-state index in [1.165, 1.54) is 0 Å². The summed E-state index contributed by atoms with van der Waals surface area (Å²) < 4.78 is 27.5. The van der Waals surface area contributed by atoms with Crippen molar-refractivity contribution in [2.45, 2.75) is 29.9 Å². The number of likely N-dealkylation sites (tertiary alicyclic amines) is 1. The molecule has 2 heterocycles. The number of aromatic nitrogens is 2. The number of imidazole rings is 1. The molecular formula is C20H20F2N4OS. The molecule has 1 atom stereocenters. The number of nitrogens with zero attached hydrogens (tertiary/aromatic N) is 3. The molecule has 1 fully saturated rings. The van der Waals surface area contributed by atoms with E-state index in [9.17, 15) is 13.6 Å². The van der Waals surface area contributed by atoms with Crippen LogP contribution < -0.4 is 5.32 Å². The van der Waals surface area contributed by atoms with Gasteiger partial charge >= 0.3 is 0 Å². The maximum Gasteiger partial charge on any atom is 0.291 e. The molecule has 8 heteroatoms. The number of halogens is 2. The van der Waals surface area contributed by atoms with Crippen LogP contribution in [0.15, 0.2) is 59.8 Å². The van der Waals surface area contributed by atoms with E-state index in [-0.39, 0.29) is 23.7 Å². The Balaban J connectivity index is 1.46. The zero-order valence-electron chi connectivity index (χ0n) is 15.1. The van der Waals surface area contributed by atoms with Crippen LogP contribution in [0, 0.1) is 0 Å². The number of benzene rings is 2. The van der Waals surface area contributed by atoms with Gasteiger partial charge in [-0.3, -0.25) is 4.79 Å². The summed E-state index contributed by atoms with van der Waals surface area (Å²) in [6, 6.07) is 17.2. The van der Waals surface area contributed by atoms with Crippen LogP contribution in [0.4, 0.5) is 14.5 Å². The number of rotatable bonds is 6. The summed E-state index contributed by atoms with van der Waals surface area (Å²) in [5, 5.41) is 3.60. The third-order valence-electron chi connectivity index (χ3n) is 4.79. The van der Waals surface area contributed by atoms with Crippen LogP contribution in [0.25, 0.3) is 11.0 Å². The molecule has 28 heavy (non-hydrogen) atoms. The van der Waals surface area contributed by atoms with Crippen LogP contribution in [-0.4, -0.2) is 45.2 Å². The van der Waals surface area contributed by atoms with Crippen LogP contribution in [-0.2, 0) is 11.3 Å². The maximum absolute atomic E-state index is 12.9.